The van der Waals surface area contributed by atoms with E-state index in [0.717, 1.165) is 18.5 Å². The van der Waals surface area contributed by atoms with Crippen LogP contribution in [0.25, 0.3) is 0 Å². The van der Waals surface area contributed by atoms with Crippen molar-refractivity contribution in [2.45, 2.75) is 50.6 Å². The minimum Gasteiger partial charge on any atom is -0.383 e. The van der Waals surface area contributed by atoms with Crippen LogP contribution in [0.5, 0.6) is 0 Å². The molecule has 1 unspecified atom stereocenters. The number of benzene rings is 1. The smallest absolute Gasteiger partial charge is 0.240 e. The van der Waals surface area contributed by atoms with Crippen molar-refractivity contribution in [3.05, 3.63) is 24.3 Å². The monoisotopic (exact) mass is 314 g/mol. The van der Waals surface area contributed by atoms with Crippen molar-refractivity contribution >= 4 is 15.7 Å². The van der Waals surface area contributed by atoms with E-state index in [2.05, 4.69) is 17.0 Å². The topological polar surface area (TPSA) is 67.4 Å². The van der Waals surface area contributed by atoms with Gasteiger partial charge in [0.2, 0.25) is 10.0 Å². The minimum absolute atomic E-state index is 0.122. The number of sulfonamides is 1. The van der Waals surface area contributed by atoms with Gasteiger partial charge in [-0.15, -0.1) is 0 Å². The Morgan fingerprint density at radius 3 is 2.29 bits per heavy atom. The van der Waals surface area contributed by atoms with E-state index in [9.17, 15) is 8.42 Å². The van der Waals surface area contributed by atoms with Gasteiger partial charge in [0.25, 0.3) is 0 Å². The Hall–Kier alpha value is -1.11. The van der Waals surface area contributed by atoms with Crippen molar-refractivity contribution in [3.63, 3.8) is 0 Å². The second-order valence-electron chi connectivity index (χ2n) is 5.39. The number of rotatable bonds is 9. The molecule has 0 aliphatic rings. The van der Waals surface area contributed by atoms with Crippen LogP contribution in [0, 0.1) is 0 Å². The molecule has 0 fully saturated rings. The lowest BCUT2D eigenvalue weighted by Gasteiger charge is -2.18. The van der Waals surface area contributed by atoms with Crippen LogP contribution in [0.3, 0.4) is 0 Å². The largest absolute Gasteiger partial charge is 0.383 e. The van der Waals surface area contributed by atoms with E-state index in [-0.39, 0.29) is 17.0 Å². The highest BCUT2D eigenvalue weighted by atomic mass is 32.2. The van der Waals surface area contributed by atoms with Crippen LogP contribution in [0.1, 0.15) is 33.6 Å². The normalized spacial score (nSPS) is 13.4. The van der Waals surface area contributed by atoms with E-state index in [4.69, 9.17) is 4.74 Å². The fourth-order valence-electron chi connectivity index (χ4n) is 2.09. The van der Waals surface area contributed by atoms with Crippen LogP contribution in [-0.2, 0) is 14.8 Å². The van der Waals surface area contributed by atoms with Crippen molar-refractivity contribution in [1.82, 2.24) is 4.72 Å². The molecule has 0 amide bonds. The van der Waals surface area contributed by atoms with Gasteiger partial charge < -0.3 is 10.1 Å². The molecule has 0 saturated carbocycles. The Morgan fingerprint density at radius 2 is 1.81 bits per heavy atom. The maximum atomic E-state index is 12.0. The highest BCUT2D eigenvalue weighted by Crippen LogP contribution is 2.16. The van der Waals surface area contributed by atoms with Crippen LogP contribution in [0.2, 0.25) is 0 Å². The number of nitrogens with one attached hydrogen (secondary N) is 2. The molecule has 1 rings (SSSR count). The maximum absolute atomic E-state index is 12.0. The summed E-state index contributed by atoms with van der Waals surface area (Å²) in [7, 11) is -1.75. The van der Waals surface area contributed by atoms with Crippen molar-refractivity contribution < 1.29 is 13.2 Å². The number of anilines is 1. The Bertz CT molecular complexity index is 506. The van der Waals surface area contributed by atoms with Gasteiger partial charge in [-0.3, -0.25) is 0 Å². The Labute approximate surface area is 128 Å². The first-order valence-corrected chi connectivity index (χ1v) is 8.75. The third-order valence-corrected chi connectivity index (χ3v) is 4.61. The fourth-order valence-corrected chi connectivity index (χ4v) is 3.34. The second-order valence-corrected chi connectivity index (χ2v) is 7.10. The molecule has 1 aromatic rings. The molecule has 5 nitrogen and oxygen atoms in total. The molecule has 0 spiro atoms. The van der Waals surface area contributed by atoms with Gasteiger partial charge in [0.15, 0.2) is 0 Å². The van der Waals surface area contributed by atoms with Crippen LogP contribution < -0.4 is 10.0 Å². The van der Waals surface area contributed by atoms with E-state index < -0.39 is 10.0 Å². The van der Waals surface area contributed by atoms with E-state index in [1.54, 1.807) is 45.2 Å². The summed E-state index contributed by atoms with van der Waals surface area (Å²) in [5.74, 6) is 0. The highest BCUT2D eigenvalue weighted by molar-refractivity contribution is 7.89. The van der Waals surface area contributed by atoms with E-state index in [1.165, 1.54) is 0 Å². The SMILES string of the molecule is CCCC(COC)Nc1ccc(S(=O)(=O)NC(C)C)cc1. The molecular formula is C15H26N2O3S. The number of hydrogen-bond donors (Lipinski definition) is 2. The maximum Gasteiger partial charge on any atom is 0.240 e. The third-order valence-electron chi connectivity index (χ3n) is 2.93. The van der Waals surface area contributed by atoms with E-state index >= 15 is 0 Å². The molecule has 21 heavy (non-hydrogen) atoms. The Morgan fingerprint density at radius 1 is 1.19 bits per heavy atom. The molecule has 120 valence electrons. The van der Waals surface area contributed by atoms with Crippen LogP contribution in [0.4, 0.5) is 5.69 Å². The Balaban J connectivity index is 2.77. The summed E-state index contributed by atoms with van der Waals surface area (Å²) < 4.78 is 31.8. The van der Waals surface area contributed by atoms with Gasteiger partial charge in [-0.1, -0.05) is 13.3 Å². The summed E-state index contributed by atoms with van der Waals surface area (Å²) in [6, 6.07) is 6.91. The third kappa shape index (κ3) is 6.03. The molecule has 1 atom stereocenters. The lowest BCUT2D eigenvalue weighted by molar-refractivity contribution is 0.182. The first-order chi connectivity index (χ1) is 9.89. The van der Waals surface area contributed by atoms with Crippen LogP contribution >= 0.6 is 0 Å². The Kier molecular flexibility index (Phi) is 7.14. The summed E-state index contributed by atoms with van der Waals surface area (Å²) >= 11 is 0. The van der Waals surface area contributed by atoms with Crippen molar-refractivity contribution in [3.8, 4) is 0 Å². The highest BCUT2D eigenvalue weighted by Gasteiger charge is 2.15. The van der Waals surface area contributed by atoms with Gasteiger partial charge in [0.05, 0.1) is 11.5 Å². The molecule has 0 aromatic heterocycles. The quantitative estimate of drug-likeness (QED) is 0.735. The van der Waals surface area contributed by atoms with E-state index in [0.29, 0.717) is 6.61 Å². The molecular weight excluding hydrogens is 288 g/mol. The van der Waals surface area contributed by atoms with Crippen LogP contribution in [-0.4, -0.2) is 34.2 Å². The lowest BCUT2D eigenvalue weighted by Crippen LogP contribution is -2.30. The molecule has 0 radical (unpaired) electrons. The van der Waals surface area contributed by atoms with Crippen LogP contribution in [0.15, 0.2) is 29.2 Å². The first kappa shape index (κ1) is 17.9. The lowest BCUT2D eigenvalue weighted by atomic mass is 10.1. The van der Waals surface area contributed by atoms with Gasteiger partial charge in [0.1, 0.15) is 0 Å². The summed E-state index contributed by atoms with van der Waals surface area (Å²) in [5, 5.41) is 3.36. The zero-order chi connectivity index (χ0) is 15.9. The standard InChI is InChI=1S/C15H26N2O3S/c1-5-6-14(11-20-4)16-13-7-9-15(10-8-13)21(18,19)17-12(2)3/h7-10,12,14,16-17H,5-6,11H2,1-4H3. The first-order valence-electron chi connectivity index (χ1n) is 7.27. The predicted octanol–water partition coefficient (Wildman–Crippen LogP) is 2.60. The number of methoxy groups -OCH3 is 1. The molecule has 2 N–H and O–H groups in total. The second kappa shape index (κ2) is 8.36. The summed E-state index contributed by atoms with van der Waals surface area (Å²) in [5.41, 5.74) is 0.897. The summed E-state index contributed by atoms with van der Waals surface area (Å²) in [6.45, 7) is 6.35. The van der Waals surface area contributed by atoms with Crippen molar-refractivity contribution in [1.29, 1.82) is 0 Å². The molecule has 0 heterocycles. The van der Waals surface area contributed by atoms with Gasteiger partial charge >= 0.3 is 0 Å². The molecule has 0 aliphatic carbocycles. The number of ether oxygens (including phenoxy) is 1. The summed E-state index contributed by atoms with van der Waals surface area (Å²) in [4.78, 5) is 0.278. The summed E-state index contributed by atoms with van der Waals surface area (Å²) in [6.07, 6.45) is 2.06. The van der Waals surface area contributed by atoms with Gasteiger partial charge in [-0.2, -0.15) is 0 Å². The zero-order valence-electron chi connectivity index (χ0n) is 13.2. The molecule has 0 saturated heterocycles. The molecule has 0 aliphatic heterocycles. The van der Waals surface area contributed by atoms with Gasteiger partial charge in [-0.05, 0) is 44.5 Å². The zero-order valence-corrected chi connectivity index (χ0v) is 14.0. The predicted molar refractivity (Wildman–Crippen MR) is 86.1 cm³/mol. The number of hydrogen-bond acceptors (Lipinski definition) is 4. The fraction of sp³-hybridized carbons (Fsp3) is 0.600. The molecule has 6 heteroatoms. The molecule has 0 bridgehead atoms. The van der Waals surface area contributed by atoms with Gasteiger partial charge in [-0.25, -0.2) is 13.1 Å². The van der Waals surface area contributed by atoms with Crippen molar-refractivity contribution in [2.75, 3.05) is 19.0 Å². The van der Waals surface area contributed by atoms with E-state index in [1.807, 2.05) is 0 Å². The average molecular weight is 314 g/mol. The van der Waals surface area contributed by atoms with Crippen molar-refractivity contribution in [2.24, 2.45) is 0 Å². The van der Waals surface area contributed by atoms with Gasteiger partial charge in [0, 0.05) is 24.9 Å². The molecule has 1 aromatic carbocycles. The average Bonchev–Trinajstić information content (AvgIpc) is 2.38. The minimum atomic E-state index is -3.43.